The summed E-state index contributed by atoms with van der Waals surface area (Å²) in [4.78, 5) is 14.4. The third kappa shape index (κ3) is 2.97. The highest BCUT2D eigenvalue weighted by atomic mass is 35.5. The van der Waals surface area contributed by atoms with Crippen molar-refractivity contribution < 1.29 is 9.53 Å². The summed E-state index contributed by atoms with van der Waals surface area (Å²) in [6.07, 6.45) is 2.05. The van der Waals surface area contributed by atoms with E-state index in [1.54, 1.807) is 0 Å². The Labute approximate surface area is 125 Å². The van der Waals surface area contributed by atoms with E-state index in [-0.39, 0.29) is 18.3 Å². The molecule has 1 aromatic carbocycles. The van der Waals surface area contributed by atoms with Crippen LogP contribution in [-0.2, 0) is 18.0 Å². The first kappa shape index (κ1) is 15.3. The molecule has 1 aromatic rings. The molecule has 1 fully saturated rings. The van der Waals surface area contributed by atoms with Crippen LogP contribution in [0, 0.1) is 5.92 Å². The second-order valence-corrected chi connectivity index (χ2v) is 5.45. The van der Waals surface area contributed by atoms with E-state index in [1.807, 2.05) is 23.1 Å². The van der Waals surface area contributed by atoms with Gasteiger partial charge in [0.1, 0.15) is 0 Å². The van der Waals surface area contributed by atoms with Gasteiger partial charge in [0.25, 0.3) is 5.91 Å². The number of halogens is 1. The first-order chi connectivity index (χ1) is 9.28. The number of rotatable bonds is 2. The molecule has 1 amide bonds. The highest BCUT2D eigenvalue weighted by molar-refractivity contribution is 5.94. The molecule has 3 rings (SSSR count). The lowest BCUT2D eigenvalue weighted by atomic mass is 9.96. The summed E-state index contributed by atoms with van der Waals surface area (Å²) in [5.74, 6) is 0.725. The second-order valence-electron chi connectivity index (χ2n) is 5.45. The molecule has 4 nitrogen and oxygen atoms in total. The predicted octanol–water partition coefficient (Wildman–Crippen LogP) is 1.95. The van der Waals surface area contributed by atoms with Gasteiger partial charge in [-0.2, -0.15) is 0 Å². The van der Waals surface area contributed by atoms with E-state index < -0.39 is 0 Å². The summed E-state index contributed by atoms with van der Waals surface area (Å²) < 4.78 is 5.38. The number of benzene rings is 1. The van der Waals surface area contributed by atoms with E-state index in [2.05, 4.69) is 0 Å². The quantitative estimate of drug-likeness (QED) is 0.907. The summed E-state index contributed by atoms with van der Waals surface area (Å²) in [6, 6.07) is 5.92. The van der Waals surface area contributed by atoms with Crippen LogP contribution in [-0.4, -0.2) is 30.4 Å². The molecule has 2 heterocycles. The fourth-order valence-corrected chi connectivity index (χ4v) is 2.86. The van der Waals surface area contributed by atoms with Gasteiger partial charge in [0.05, 0.1) is 13.2 Å². The maximum absolute atomic E-state index is 12.4. The summed E-state index contributed by atoms with van der Waals surface area (Å²) in [7, 11) is 0. The van der Waals surface area contributed by atoms with Crippen LogP contribution in [0.5, 0.6) is 0 Å². The van der Waals surface area contributed by atoms with Gasteiger partial charge in [-0.15, -0.1) is 12.4 Å². The van der Waals surface area contributed by atoms with Gasteiger partial charge in [-0.3, -0.25) is 4.79 Å². The molecule has 0 atom stereocenters. The topological polar surface area (TPSA) is 55.6 Å². The number of carbonyl (C=O) groups is 1. The van der Waals surface area contributed by atoms with E-state index in [9.17, 15) is 4.79 Å². The Kier molecular flexibility index (Phi) is 5.02. The number of nitrogens with zero attached hydrogens (tertiary/aromatic N) is 1. The molecule has 2 aliphatic heterocycles. The summed E-state index contributed by atoms with van der Waals surface area (Å²) >= 11 is 0. The largest absolute Gasteiger partial charge is 0.372 e. The molecule has 0 bridgehead atoms. The molecule has 0 saturated carbocycles. The number of carbonyl (C=O) groups excluding carboxylic acids is 1. The van der Waals surface area contributed by atoms with Crippen molar-refractivity contribution in [3.8, 4) is 0 Å². The fourth-order valence-electron chi connectivity index (χ4n) is 2.86. The van der Waals surface area contributed by atoms with Crippen molar-refractivity contribution in [1.29, 1.82) is 0 Å². The average Bonchev–Trinajstić information content (AvgIpc) is 2.94. The van der Waals surface area contributed by atoms with E-state index in [1.165, 1.54) is 5.56 Å². The van der Waals surface area contributed by atoms with Crippen molar-refractivity contribution in [3.05, 3.63) is 34.9 Å². The number of amides is 1. The molecule has 0 aromatic heterocycles. The van der Waals surface area contributed by atoms with Crippen LogP contribution in [0.15, 0.2) is 18.2 Å². The van der Waals surface area contributed by atoms with Crippen LogP contribution in [0.2, 0.25) is 0 Å². The number of fused-ring (bicyclic) bond motifs is 1. The normalized spacial score (nSPS) is 18.6. The highest BCUT2D eigenvalue weighted by Crippen LogP contribution is 2.23. The molecule has 0 unspecified atom stereocenters. The minimum absolute atomic E-state index is 0. The van der Waals surface area contributed by atoms with Crippen LogP contribution in [0.1, 0.15) is 34.3 Å². The Morgan fingerprint density at radius 3 is 2.65 bits per heavy atom. The first-order valence-corrected chi connectivity index (χ1v) is 6.97. The molecule has 20 heavy (non-hydrogen) atoms. The van der Waals surface area contributed by atoms with Crippen LogP contribution >= 0.6 is 12.4 Å². The van der Waals surface area contributed by atoms with Crippen molar-refractivity contribution in [2.24, 2.45) is 11.7 Å². The maximum Gasteiger partial charge on any atom is 0.253 e. The zero-order valence-electron chi connectivity index (χ0n) is 11.5. The zero-order valence-corrected chi connectivity index (χ0v) is 12.3. The third-order valence-electron chi connectivity index (χ3n) is 4.20. The predicted molar refractivity (Wildman–Crippen MR) is 79.9 cm³/mol. The number of likely N-dealkylation sites (tertiary alicyclic amines) is 1. The van der Waals surface area contributed by atoms with Gasteiger partial charge >= 0.3 is 0 Å². The average molecular weight is 297 g/mol. The van der Waals surface area contributed by atoms with E-state index in [4.69, 9.17) is 10.5 Å². The molecular weight excluding hydrogens is 276 g/mol. The van der Waals surface area contributed by atoms with Gasteiger partial charge < -0.3 is 15.4 Å². The summed E-state index contributed by atoms with van der Waals surface area (Å²) in [5.41, 5.74) is 8.83. The van der Waals surface area contributed by atoms with Crippen molar-refractivity contribution in [1.82, 2.24) is 4.90 Å². The zero-order chi connectivity index (χ0) is 13.2. The van der Waals surface area contributed by atoms with Crippen LogP contribution in [0.25, 0.3) is 0 Å². The highest BCUT2D eigenvalue weighted by Gasteiger charge is 2.23. The molecular formula is C15H21ClN2O2. The van der Waals surface area contributed by atoms with E-state index in [0.717, 1.165) is 43.6 Å². The van der Waals surface area contributed by atoms with Gasteiger partial charge in [-0.25, -0.2) is 0 Å². The number of hydrogen-bond acceptors (Lipinski definition) is 3. The molecule has 5 heteroatoms. The SMILES string of the molecule is Cl.NCC1CCN(C(=O)c2ccc3c(c2)COC3)CC1. The number of ether oxygens (including phenoxy) is 1. The van der Waals surface area contributed by atoms with Gasteiger partial charge in [-0.05, 0) is 48.6 Å². The molecule has 0 radical (unpaired) electrons. The monoisotopic (exact) mass is 296 g/mol. The Morgan fingerprint density at radius 1 is 1.25 bits per heavy atom. The Hall–Kier alpha value is -1.10. The summed E-state index contributed by atoms with van der Waals surface area (Å²) in [6.45, 7) is 3.69. The van der Waals surface area contributed by atoms with Crippen LogP contribution in [0.3, 0.4) is 0 Å². The lowest BCUT2D eigenvalue weighted by molar-refractivity contribution is 0.0693. The van der Waals surface area contributed by atoms with Gasteiger partial charge in [0, 0.05) is 18.7 Å². The van der Waals surface area contributed by atoms with Gasteiger partial charge in [-0.1, -0.05) is 6.07 Å². The lowest BCUT2D eigenvalue weighted by Crippen LogP contribution is -2.40. The summed E-state index contributed by atoms with van der Waals surface area (Å²) in [5, 5.41) is 0. The minimum atomic E-state index is 0. The van der Waals surface area contributed by atoms with Crippen LogP contribution < -0.4 is 5.73 Å². The van der Waals surface area contributed by atoms with E-state index >= 15 is 0 Å². The second kappa shape index (κ2) is 6.57. The van der Waals surface area contributed by atoms with Crippen molar-refractivity contribution >= 4 is 18.3 Å². The molecule has 2 aliphatic rings. The molecule has 0 aliphatic carbocycles. The van der Waals surface area contributed by atoms with Crippen molar-refractivity contribution in [2.75, 3.05) is 19.6 Å². The minimum Gasteiger partial charge on any atom is -0.372 e. The maximum atomic E-state index is 12.4. The Bertz CT molecular complexity index is 485. The standard InChI is InChI=1S/C15H20N2O2.ClH/c16-8-11-3-5-17(6-4-11)15(18)12-1-2-13-9-19-10-14(13)7-12;/h1-2,7,11H,3-6,8-10,16H2;1H. The Balaban J connectivity index is 0.00000147. The van der Waals surface area contributed by atoms with Crippen LogP contribution in [0.4, 0.5) is 0 Å². The fraction of sp³-hybridized carbons (Fsp3) is 0.533. The van der Waals surface area contributed by atoms with Gasteiger partial charge in [0.2, 0.25) is 0 Å². The molecule has 1 saturated heterocycles. The van der Waals surface area contributed by atoms with Crippen molar-refractivity contribution in [2.45, 2.75) is 26.1 Å². The smallest absolute Gasteiger partial charge is 0.253 e. The van der Waals surface area contributed by atoms with Gasteiger partial charge in [0.15, 0.2) is 0 Å². The lowest BCUT2D eigenvalue weighted by Gasteiger charge is -2.31. The van der Waals surface area contributed by atoms with E-state index in [0.29, 0.717) is 19.1 Å². The third-order valence-corrected chi connectivity index (χ3v) is 4.20. The molecule has 110 valence electrons. The Morgan fingerprint density at radius 2 is 1.95 bits per heavy atom. The molecule has 0 spiro atoms. The number of nitrogens with two attached hydrogens (primary N) is 1. The molecule has 2 N–H and O–H groups in total. The number of hydrogen-bond donors (Lipinski definition) is 1. The first-order valence-electron chi connectivity index (χ1n) is 6.97. The number of piperidine rings is 1. The van der Waals surface area contributed by atoms with Crippen molar-refractivity contribution in [3.63, 3.8) is 0 Å².